The molecule has 0 bridgehead atoms. The molecule has 2 aliphatic heterocycles. The van der Waals surface area contributed by atoms with Crippen LogP contribution in [-0.4, -0.2) is 52.1 Å². The molecule has 5 nitrogen and oxygen atoms in total. The van der Waals surface area contributed by atoms with Gasteiger partial charge in [0.05, 0.1) is 0 Å². The van der Waals surface area contributed by atoms with E-state index in [1.807, 2.05) is 0 Å². The Hall–Kier alpha value is -1.93. The summed E-state index contributed by atoms with van der Waals surface area (Å²) in [6, 6.07) is 8.67. The van der Waals surface area contributed by atoms with Crippen molar-refractivity contribution in [3.05, 3.63) is 59.2 Å². The first-order chi connectivity index (χ1) is 14.4. The predicted molar refractivity (Wildman–Crippen MR) is 108 cm³/mol. The number of ether oxygens (including phenoxy) is 2. The zero-order chi connectivity index (χ0) is 21.3. The summed E-state index contributed by atoms with van der Waals surface area (Å²) in [5.74, 6) is 0.516. The largest absolute Gasteiger partial charge is 0.487 e. The summed E-state index contributed by atoms with van der Waals surface area (Å²) >= 11 is 6.25. The van der Waals surface area contributed by atoms with Crippen LogP contribution in [0.5, 0.6) is 11.5 Å². The van der Waals surface area contributed by atoms with E-state index in [9.17, 15) is 19.0 Å². The molecule has 0 aliphatic carbocycles. The maximum Gasteiger partial charge on any atom is 0.126 e. The minimum Gasteiger partial charge on any atom is -0.487 e. The van der Waals surface area contributed by atoms with Crippen LogP contribution in [0.1, 0.15) is 24.0 Å². The molecular weight excluding hydrogens is 416 g/mol. The van der Waals surface area contributed by atoms with Crippen molar-refractivity contribution < 1.29 is 28.5 Å². The minimum atomic E-state index is -0.871. The van der Waals surface area contributed by atoms with Gasteiger partial charge >= 0.3 is 0 Å². The summed E-state index contributed by atoms with van der Waals surface area (Å²) in [4.78, 5) is 0. The number of benzene rings is 2. The molecule has 2 N–H and O–H groups in total. The van der Waals surface area contributed by atoms with E-state index in [2.05, 4.69) is 0 Å². The number of aryl methyl sites for hydroxylation is 2. The fourth-order valence-corrected chi connectivity index (χ4v) is 4.30. The van der Waals surface area contributed by atoms with E-state index < -0.39 is 24.4 Å². The van der Waals surface area contributed by atoms with Gasteiger partial charge in [-0.1, -0.05) is 0 Å². The molecule has 162 valence electrons. The lowest BCUT2D eigenvalue weighted by Crippen LogP contribution is -2.45. The Kier molecular flexibility index (Phi) is 6.43. The molecule has 8 heteroatoms. The molecule has 0 spiro atoms. The summed E-state index contributed by atoms with van der Waals surface area (Å²) in [6.45, 7) is 0.183. The zero-order valence-electron chi connectivity index (χ0n) is 16.3. The van der Waals surface area contributed by atoms with Crippen LogP contribution in [0.2, 0.25) is 0 Å². The van der Waals surface area contributed by atoms with Crippen LogP contribution in [0.4, 0.5) is 8.78 Å². The summed E-state index contributed by atoms with van der Waals surface area (Å²) in [6.07, 6.45) is -0.366. The highest BCUT2D eigenvalue weighted by atomic mass is 35.5. The van der Waals surface area contributed by atoms with Crippen LogP contribution in [0.3, 0.4) is 0 Å². The highest BCUT2D eigenvalue weighted by Gasteiger charge is 2.31. The van der Waals surface area contributed by atoms with Crippen LogP contribution >= 0.6 is 11.8 Å². The molecule has 2 heterocycles. The second kappa shape index (κ2) is 9.06. The molecular formula is C22H24ClF2NO4. The van der Waals surface area contributed by atoms with Crippen LogP contribution in [0, 0.1) is 11.6 Å². The Balaban J connectivity index is 1.28. The average molecular weight is 440 g/mol. The Bertz CT molecular complexity index is 828. The lowest BCUT2D eigenvalue weighted by Gasteiger charge is -2.33. The molecule has 0 aromatic heterocycles. The van der Waals surface area contributed by atoms with Gasteiger partial charge in [0.2, 0.25) is 0 Å². The van der Waals surface area contributed by atoms with E-state index >= 15 is 0 Å². The van der Waals surface area contributed by atoms with E-state index in [0.29, 0.717) is 37.2 Å². The monoisotopic (exact) mass is 439 g/mol. The SMILES string of the molecule is OC(CN(Cl)C[C@H](O)C1CCc2cc(F)ccc2O1)C1CCc2cc(F)ccc2O1. The van der Waals surface area contributed by atoms with E-state index in [-0.39, 0.29) is 24.7 Å². The number of aliphatic hydroxyl groups excluding tert-OH is 2. The number of hydrogen-bond donors (Lipinski definition) is 2. The first kappa shape index (κ1) is 21.3. The number of hydrogen-bond acceptors (Lipinski definition) is 5. The van der Waals surface area contributed by atoms with Gasteiger partial charge in [-0.2, -0.15) is 0 Å². The number of nitrogens with zero attached hydrogens (tertiary/aromatic N) is 1. The standard InChI is InChI=1S/C22H24ClF2NO4/c23-26(11-17(27)21-5-1-13-9-15(24)3-7-19(13)29-21)12-18(28)22-6-2-14-10-16(25)4-8-20(14)30-22/h3-4,7-10,17-18,21-22,27-28H,1-2,5-6,11-12H2/t17-,18?,21?,22?/m0/s1. The third-order valence-corrected chi connectivity index (χ3v) is 5.90. The third-order valence-electron chi connectivity index (χ3n) is 5.63. The molecule has 4 rings (SSSR count). The lowest BCUT2D eigenvalue weighted by atomic mass is 9.98. The Morgan fingerprint density at radius 3 is 1.73 bits per heavy atom. The topological polar surface area (TPSA) is 62.2 Å². The van der Waals surface area contributed by atoms with E-state index in [1.165, 1.54) is 28.7 Å². The van der Waals surface area contributed by atoms with Crippen LogP contribution in [-0.2, 0) is 12.8 Å². The van der Waals surface area contributed by atoms with Crippen molar-refractivity contribution in [1.82, 2.24) is 4.42 Å². The van der Waals surface area contributed by atoms with Gasteiger partial charge in [-0.25, -0.2) is 13.2 Å². The van der Waals surface area contributed by atoms with Crippen LogP contribution in [0.25, 0.3) is 0 Å². The molecule has 3 unspecified atom stereocenters. The Morgan fingerprint density at radius 2 is 1.30 bits per heavy atom. The molecule has 0 saturated heterocycles. The van der Waals surface area contributed by atoms with Crippen molar-refractivity contribution in [2.24, 2.45) is 0 Å². The number of rotatable bonds is 6. The quantitative estimate of drug-likeness (QED) is 0.677. The van der Waals surface area contributed by atoms with Gasteiger partial charge in [-0.15, -0.1) is 0 Å². The van der Waals surface area contributed by atoms with Crippen molar-refractivity contribution in [1.29, 1.82) is 0 Å². The van der Waals surface area contributed by atoms with Gasteiger partial charge in [0, 0.05) is 13.1 Å². The summed E-state index contributed by atoms with van der Waals surface area (Å²) in [5.41, 5.74) is 1.57. The van der Waals surface area contributed by atoms with Gasteiger partial charge in [-0.05, 0) is 85.0 Å². The molecule has 2 aliphatic rings. The van der Waals surface area contributed by atoms with Crippen LogP contribution in [0.15, 0.2) is 36.4 Å². The zero-order valence-corrected chi connectivity index (χ0v) is 17.1. The van der Waals surface area contributed by atoms with Crippen molar-refractivity contribution in [3.8, 4) is 11.5 Å². The summed E-state index contributed by atoms with van der Waals surface area (Å²) < 4.78 is 39.6. The average Bonchev–Trinajstić information content (AvgIpc) is 2.72. The Labute approximate surface area is 178 Å². The van der Waals surface area contributed by atoms with Crippen molar-refractivity contribution in [3.63, 3.8) is 0 Å². The first-order valence-electron chi connectivity index (χ1n) is 10.1. The normalized spacial score (nSPS) is 22.5. The van der Waals surface area contributed by atoms with Crippen molar-refractivity contribution in [2.75, 3.05) is 13.1 Å². The molecule has 0 saturated carbocycles. The smallest absolute Gasteiger partial charge is 0.126 e. The second-order valence-electron chi connectivity index (χ2n) is 7.86. The molecule has 2 aromatic carbocycles. The van der Waals surface area contributed by atoms with Crippen LogP contribution < -0.4 is 9.47 Å². The maximum atomic E-state index is 13.3. The third kappa shape index (κ3) is 4.86. The highest BCUT2D eigenvalue weighted by molar-refractivity contribution is 6.13. The number of aliphatic hydroxyl groups is 2. The lowest BCUT2D eigenvalue weighted by molar-refractivity contribution is -0.00893. The van der Waals surface area contributed by atoms with E-state index in [0.717, 1.165) is 11.1 Å². The summed E-state index contributed by atoms with van der Waals surface area (Å²) in [5, 5.41) is 21.1. The minimum absolute atomic E-state index is 0.0916. The molecule has 0 radical (unpaired) electrons. The van der Waals surface area contributed by atoms with Gasteiger partial charge in [0.1, 0.15) is 47.5 Å². The van der Waals surface area contributed by atoms with Gasteiger partial charge in [-0.3, -0.25) is 0 Å². The molecule has 30 heavy (non-hydrogen) atoms. The van der Waals surface area contributed by atoms with E-state index in [4.69, 9.17) is 21.3 Å². The fourth-order valence-electron chi connectivity index (χ4n) is 4.01. The van der Waals surface area contributed by atoms with Gasteiger partial charge in [0.15, 0.2) is 0 Å². The predicted octanol–water partition coefficient (Wildman–Crippen LogP) is 3.23. The van der Waals surface area contributed by atoms with Gasteiger partial charge < -0.3 is 19.7 Å². The Morgan fingerprint density at radius 1 is 0.867 bits per heavy atom. The van der Waals surface area contributed by atoms with E-state index in [1.54, 1.807) is 12.1 Å². The fraction of sp³-hybridized carbons (Fsp3) is 0.455. The summed E-state index contributed by atoms with van der Waals surface area (Å²) in [7, 11) is 0. The second-order valence-corrected chi connectivity index (χ2v) is 8.33. The van der Waals surface area contributed by atoms with Crippen molar-refractivity contribution in [2.45, 2.75) is 50.1 Å². The highest BCUT2D eigenvalue weighted by Crippen LogP contribution is 2.31. The number of halogens is 3. The molecule has 0 amide bonds. The molecule has 0 fully saturated rings. The first-order valence-corrected chi connectivity index (χ1v) is 10.4. The van der Waals surface area contributed by atoms with Crippen molar-refractivity contribution >= 4 is 11.8 Å². The van der Waals surface area contributed by atoms with Gasteiger partial charge in [0.25, 0.3) is 0 Å². The maximum absolute atomic E-state index is 13.3. The molecule has 2 aromatic rings. The molecule has 4 atom stereocenters. The number of fused-ring (bicyclic) bond motifs is 2.